The second kappa shape index (κ2) is 6.25. The Bertz CT molecular complexity index is 764. The van der Waals surface area contributed by atoms with Gasteiger partial charge in [0, 0.05) is 23.5 Å². The first-order chi connectivity index (χ1) is 11.0. The van der Waals surface area contributed by atoms with Gasteiger partial charge < -0.3 is 0 Å². The second-order valence-corrected chi connectivity index (χ2v) is 7.44. The number of hydrogen-bond acceptors (Lipinski definition) is 5. The van der Waals surface area contributed by atoms with Gasteiger partial charge in [-0.25, -0.2) is 4.98 Å². The smallest absolute Gasteiger partial charge is 0.190 e. The first-order valence-electron chi connectivity index (χ1n) is 7.92. The summed E-state index contributed by atoms with van der Waals surface area (Å²) < 4.78 is 1.96. The van der Waals surface area contributed by atoms with Crippen molar-refractivity contribution in [3.8, 4) is 6.07 Å². The molecule has 0 N–H and O–H groups in total. The highest BCUT2D eigenvalue weighted by molar-refractivity contribution is 7.10. The quantitative estimate of drug-likeness (QED) is 0.758. The lowest BCUT2D eigenvalue weighted by Gasteiger charge is -2.11. The number of hydrogen-bond donors (Lipinski definition) is 0. The summed E-state index contributed by atoms with van der Waals surface area (Å²) in [6, 6.07) is 2.13. The summed E-state index contributed by atoms with van der Waals surface area (Å²) in [6.45, 7) is 6.94. The predicted molar refractivity (Wildman–Crippen MR) is 88.6 cm³/mol. The summed E-state index contributed by atoms with van der Waals surface area (Å²) in [5.74, 6) is -0.127. The molecule has 0 saturated heterocycles. The molecule has 2 aromatic heterocycles. The van der Waals surface area contributed by atoms with Crippen LogP contribution in [0.1, 0.15) is 65.3 Å². The molecule has 2 heterocycles. The van der Waals surface area contributed by atoms with Gasteiger partial charge in [-0.05, 0) is 25.7 Å². The van der Waals surface area contributed by atoms with Crippen molar-refractivity contribution in [2.45, 2.75) is 52.0 Å². The number of thiazole rings is 1. The zero-order chi connectivity index (χ0) is 16.6. The molecule has 1 aliphatic rings. The lowest BCUT2D eigenvalue weighted by molar-refractivity contribution is 0.0977. The van der Waals surface area contributed by atoms with E-state index < -0.39 is 5.92 Å². The number of aryl methyl sites for hydroxylation is 1. The van der Waals surface area contributed by atoms with Gasteiger partial charge in [0.25, 0.3) is 0 Å². The molecule has 0 bridgehead atoms. The van der Waals surface area contributed by atoms with Crippen LogP contribution in [0.2, 0.25) is 0 Å². The molecule has 23 heavy (non-hydrogen) atoms. The van der Waals surface area contributed by atoms with E-state index in [1.54, 1.807) is 6.20 Å². The number of carbonyl (C=O) groups is 1. The molecule has 1 saturated carbocycles. The van der Waals surface area contributed by atoms with Crippen molar-refractivity contribution in [2.24, 2.45) is 5.92 Å². The standard InChI is InChI=1S/C17H20N4OS/c1-10(2)8-21-15(12-4-5-12)14(7-19-21)16(22)13(6-18)17-20-11(3)9-23-17/h7,9-10,12-13H,4-5,8H2,1-3H3/t13-/m0/s1. The topological polar surface area (TPSA) is 71.6 Å². The summed E-state index contributed by atoms with van der Waals surface area (Å²) in [5, 5.41) is 16.4. The number of nitriles is 1. The Morgan fingerprint density at radius 3 is 2.78 bits per heavy atom. The van der Waals surface area contributed by atoms with Crippen LogP contribution < -0.4 is 0 Å². The van der Waals surface area contributed by atoms with Crippen LogP contribution in [-0.2, 0) is 6.54 Å². The molecular formula is C17H20N4OS. The third-order valence-corrected chi connectivity index (χ3v) is 4.95. The minimum Gasteiger partial charge on any atom is -0.292 e. The molecule has 0 unspecified atom stereocenters. The van der Waals surface area contributed by atoms with E-state index in [0.717, 1.165) is 30.8 Å². The number of ketones is 1. The van der Waals surface area contributed by atoms with Gasteiger partial charge in [-0.15, -0.1) is 11.3 Å². The van der Waals surface area contributed by atoms with E-state index in [0.29, 0.717) is 22.4 Å². The second-order valence-electron chi connectivity index (χ2n) is 6.55. The van der Waals surface area contributed by atoms with Crippen LogP contribution in [0.4, 0.5) is 0 Å². The molecule has 1 aliphatic carbocycles. The highest BCUT2D eigenvalue weighted by Crippen LogP contribution is 2.42. The van der Waals surface area contributed by atoms with Crippen molar-refractivity contribution in [3.05, 3.63) is 33.5 Å². The van der Waals surface area contributed by atoms with Crippen LogP contribution in [0.15, 0.2) is 11.6 Å². The molecule has 1 fully saturated rings. The lowest BCUT2D eigenvalue weighted by Crippen LogP contribution is -2.15. The van der Waals surface area contributed by atoms with E-state index in [1.807, 2.05) is 17.0 Å². The molecule has 120 valence electrons. The number of rotatable bonds is 6. The SMILES string of the molecule is Cc1csc([C@@H](C#N)C(=O)c2cnn(CC(C)C)c2C2CC2)n1. The zero-order valence-corrected chi connectivity index (χ0v) is 14.4. The Labute approximate surface area is 140 Å². The maximum absolute atomic E-state index is 12.9. The van der Waals surface area contributed by atoms with Crippen LogP contribution >= 0.6 is 11.3 Å². The fourth-order valence-electron chi connectivity index (χ4n) is 2.75. The number of aromatic nitrogens is 3. The van der Waals surface area contributed by atoms with Gasteiger partial charge in [-0.3, -0.25) is 9.48 Å². The highest BCUT2D eigenvalue weighted by Gasteiger charge is 2.35. The Morgan fingerprint density at radius 1 is 1.52 bits per heavy atom. The minimum atomic E-state index is -0.831. The third kappa shape index (κ3) is 3.20. The molecule has 1 atom stereocenters. The van der Waals surface area contributed by atoms with Gasteiger partial charge in [0.05, 0.1) is 23.5 Å². The van der Waals surface area contributed by atoms with Crippen molar-refractivity contribution < 1.29 is 4.79 Å². The molecule has 5 nitrogen and oxygen atoms in total. The van der Waals surface area contributed by atoms with Crippen LogP contribution in [-0.4, -0.2) is 20.5 Å². The largest absolute Gasteiger partial charge is 0.292 e. The van der Waals surface area contributed by atoms with E-state index in [9.17, 15) is 10.1 Å². The molecule has 6 heteroatoms. The molecule has 2 aromatic rings. The molecule has 0 radical (unpaired) electrons. The summed E-state index contributed by atoms with van der Waals surface area (Å²) in [4.78, 5) is 17.3. The lowest BCUT2D eigenvalue weighted by atomic mass is 9.98. The average Bonchev–Trinajstić information content (AvgIpc) is 3.12. The molecule has 0 amide bonds. The summed E-state index contributed by atoms with van der Waals surface area (Å²) >= 11 is 1.37. The third-order valence-electron chi connectivity index (χ3n) is 3.92. The van der Waals surface area contributed by atoms with Gasteiger partial charge in [0.2, 0.25) is 0 Å². The molecular weight excluding hydrogens is 308 g/mol. The van der Waals surface area contributed by atoms with Crippen LogP contribution in [0.3, 0.4) is 0 Å². The Hall–Kier alpha value is -2.00. The van der Waals surface area contributed by atoms with Gasteiger partial charge in [0.1, 0.15) is 5.01 Å². The summed E-state index contributed by atoms with van der Waals surface area (Å²) in [5.41, 5.74) is 2.46. The average molecular weight is 328 g/mol. The Morgan fingerprint density at radius 2 is 2.26 bits per heavy atom. The molecule has 0 aliphatic heterocycles. The fourth-order valence-corrected chi connectivity index (χ4v) is 3.59. The number of carbonyl (C=O) groups excluding carboxylic acids is 1. The van der Waals surface area contributed by atoms with Gasteiger partial charge in [0.15, 0.2) is 11.7 Å². The van der Waals surface area contributed by atoms with E-state index >= 15 is 0 Å². The van der Waals surface area contributed by atoms with Gasteiger partial charge in [-0.2, -0.15) is 10.4 Å². The van der Waals surface area contributed by atoms with Crippen molar-refractivity contribution in [1.82, 2.24) is 14.8 Å². The monoisotopic (exact) mass is 328 g/mol. The van der Waals surface area contributed by atoms with Crippen molar-refractivity contribution in [1.29, 1.82) is 5.26 Å². The van der Waals surface area contributed by atoms with E-state index in [1.165, 1.54) is 11.3 Å². The first-order valence-corrected chi connectivity index (χ1v) is 8.80. The zero-order valence-electron chi connectivity index (χ0n) is 13.6. The predicted octanol–water partition coefficient (Wildman–Crippen LogP) is 3.67. The van der Waals surface area contributed by atoms with Crippen molar-refractivity contribution >= 4 is 17.1 Å². The summed E-state index contributed by atoms with van der Waals surface area (Å²) in [7, 11) is 0. The normalized spacial score (nSPS) is 15.6. The molecule has 3 rings (SSSR count). The molecule has 0 spiro atoms. The number of Topliss-reactive ketones (excluding diaryl/α,β-unsaturated/α-hetero) is 1. The first kappa shape index (κ1) is 15.9. The number of nitrogens with zero attached hydrogens (tertiary/aromatic N) is 4. The van der Waals surface area contributed by atoms with E-state index in [2.05, 4.69) is 30.0 Å². The maximum Gasteiger partial charge on any atom is 0.190 e. The highest BCUT2D eigenvalue weighted by atomic mass is 32.1. The molecule has 0 aromatic carbocycles. The van der Waals surface area contributed by atoms with Crippen LogP contribution in [0.25, 0.3) is 0 Å². The Kier molecular flexibility index (Phi) is 4.31. The van der Waals surface area contributed by atoms with Crippen LogP contribution in [0.5, 0.6) is 0 Å². The maximum atomic E-state index is 12.9. The van der Waals surface area contributed by atoms with Crippen LogP contribution in [0, 0.1) is 24.2 Å². The fraction of sp³-hybridized carbons (Fsp3) is 0.529. The van der Waals surface area contributed by atoms with E-state index in [4.69, 9.17) is 0 Å². The minimum absolute atomic E-state index is 0.168. The van der Waals surface area contributed by atoms with E-state index in [-0.39, 0.29) is 5.78 Å². The van der Waals surface area contributed by atoms with Gasteiger partial charge in [-0.1, -0.05) is 13.8 Å². The van der Waals surface area contributed by atoms with Crippen molar-refractivity contribution in [3.63, 3.8) is 0 Å². The Balaban J connectivity index is 1.95. The van der Waals surface area contributed by atoms with Crippen molar-refractivity contribution in [2.75, 3.05) is 0 Å². The summed E-state index contributed by atoms with van der Waals surface area (Å²) in [6.07, 6.45) is 3.83. The van der Waals surface area contributed by atoms with Gasteiger partial charge >= 0.3 is 0 Å².